The predicted molar refractivity (Wildman–Crippen MR) is 91.1 cm³/mol. The van der Waals surface area contributed by atoms with Crippen molar-refractivity contribution in [3.05, 3.63) is 59.7 Å². The van der Waals surface area contributed by atoms with Crippen LogP contribution in [-0.4, -0.2) is 32.6 Å². The van der Waals surface area contributed by atoms with E-state index < -0.39 is 35.9 Å². The zero-order chi connectivity index (χ0) is 19.3. The summed E-state index contributed by atoms with van der Waals surface area (Å²) in [6, 6.07) is 11.1. The van der Waals surface area contributed by atoms with E-state index in [2.05, 4.69) is 5.32 Å². The van der Waals surface area contributed by atoms with E-state index in [-0.39, 0.29) is 5.56 Å². The van der Waals surface area contributed by atoms with Gasteiger partial charge < -0.3 is 15.0 Å². The molecular weight excluding hydrogens is 349 g/mol. The molecule has 0 spiro atoms. The molecule has 0 aromatic heterocycles. The number of hydrogen-bond acceptors (Lipinski definition) is 4. The van der Waals surface area contributed by atoms with Crippen LogP contribution in [0, 0.1) is 0 Å². The van der Waals surface area contributed by atoms with Crippen molar-refractivity contribution in [3.8, 4) is 0 Å². The number of alkyl halides is 3. The van der Waals surface area contributed by atoms with E-state index in [0.29, 0.717) is 0 Å². The number of esters is 1. The molecule has 1 amide bonds. The highest BCUT2D eigenvalue weighted by atomic mass is 19.4. The van der Waals surface area contributed by atoms with Gasteiger partial charge in [-0.3, -0.25) is 4.79 Å². The van der Waals surface area contributed by atoms with Gasteiger partial charge in [-0.1, -0.05) is 18.2 Å². The summed E-state index contributed by atoms with van der Waals surface area (Å²) < 4.78 is 43.6. The van der Waals surface area contributed by atoms with Gasteiger partial charge in [-0.05, 0) is 30.3 Å². The second kappa shape index (κ2) is 7.90. The van der Waals surface area contributed by atoms with Crippen molar-refractivity contribution >= 4 is 23.3 Å². The van der Waals surface area contributed by atoms with Crippen LogP contribution in [0.2, 0.25) is 0 Å². The van der Waals surface area contributed by atoms with E-state index in [1.807, 2.05) is 0 Å². The lowest BCUT2D eigenvalue weighted by atomic mass is 10.1. The van der Waals surface area contributed by atoms with E-state index in [1.54, 1.807) is 37.2 Å². The van der Waals surface area contributed by atoms with Crippen LogP contribution >= 0.6 is 0 Å². The average molecular weight is 366 g/mol. The van der Waals surface area contributed by atoms with Crippen molar-refractivity contribution in [1.29, 1.82) is 0 Å². The van der Waals surface area contributed by atoms with Crippen LogP contribution in [0.15, 0.2) is 48.5 Å². The van der Waals surface area contributed by atoms with Gasteiger partial charge in [-0.25, -0.2) is 4.79 Å². The summed E-state index contributed by atoms with van der Waals surface area (Å²) in [5.74, 6) is -1.60. The minimum atomic E-state index is -4.60. The van der Waals surface area contributed by atoms with Gasteiger partial charge in [0.15, 0.2) is 6.61 Å². The Morgan fingerprint density at radius 2 is 1.77 bits per heavy atom. The first-order chi connectivity index (χ1) is 12.2. The number of anilines is 2. The lowest BCUT2D eigenvalue weighted by Crippen LogP contribution is -2.22. The minimum Gasteiger partial charge on any atom is -0.452 e. The molecule has 8 heteroatoms. The smallest absolute Gasteiger partial charge is 0.418 e. The molecule has 0 aliphatic rings. The van der Waals surface area contributed by atoms with Gasteiger partial charge in [-0.15, -0.1) is 0 Å². The van der Waals surface area contributed by atoms with Gasteiger partial charge in [-0.2, -0.15) is 13.2 Å². The summed E-state index contributed by atoms with van der Waals surface area (Å²) in [4.78, 5) is 25.6. The summed E-state index contributed by atoms with van der Waals surface area (Å²) in [6.45, 7) is -0.697. The predicted octanol–water partition coefficient (Wildman–Crippen LogP) is 3.57. The van der Waals surface area contributed by atoms with Crippen LogP contribution in [0.3, 0.4) is 0 Å². The molecule has 0 fully saturated rings. The Labute approximate surface area is 148 Å². The summed E-state index contributed by atoms with van der Waals surface area (Å²) in [5, 5.41) is 2.11. The molecule has 0 aliphatic carbocycles. The molecule has 2 aromatic carbocycles. The van der Waals surface area contributed by atoms with Crippen LogP contribution in [0.25, 0.3) is 0 Å². The molecule has 1 N–H and O–H groups in total. The summed E-state index contributed by atoms with van der Waals surface area (Å²) in [5.41, 5.74) is -0.364. The molecule has 0 atom stereocenters. The molecule has 5 nitrogen and oxygen atoms in total. The molecule has 0 saturated carbocycles. The van der Waals surface area contributed by atoms with Gasteiger partial charge in [0.1, 0.15) is 0 Å². The molecule has 2 rings (SSSR count). The average Bonchev–Trinajstić information content (AvgIpc) is 2.59. The maximum absolute atomic E-state index is 12.9. The second-order valence-electron chi connectivity index (χ2n) is 5.61. The molecule has 0 heterocycles. The Bertz CT molecular complexity index is 804. The monoisotopic (exact) mass is 366 g/mol. The Morgan fingerprint density at radius 1 is 1.08 bits per heavy atom. The van der Waals surface area contributed by atoms with Gasteiger partial charge in [0.2, 0.25) is 0 Å². The summed E-state index contributed by atoms with van der Waals surface area (Å²) in [6.07, 6.45) is -4.60. The van der Waals surface area contributed by atoms with Crippen molar-refractivity contribution in [2.24, 2.45) is 0 Å². The standard InChI is InChI=1S/C18H17F3N2O3/c1-23(2)13-7-5-6-12(10-13)17(25)26-11-16(24)22-15-9-4-3-8-14(15)18(19,20)21/h3-10H,11H2,1-2H3,(H,22,24). The molecule has 138 valence electrons. The zero-order valence-electron chi connectivity index (χ0n) is 14.1. The fourth-order valence-electron chi connectivity index (χ4n) is 2.15. The van der Waals surface area contributed by atoms with Gasteiger partial charge in [0.25, 0.3) is 5.91 Å². The van der Waals surface area contributed by atoms with E-state index >= 15 is 0 Å². The molecular formula is C18H17F3N2O3. The molecule has 0 aliphatic heterocycles. The normalized spacial score (nSPS) is 11.0. The number of para-hydroxylation sites is 1. The third kappa shape index (κ3) is 4.98. The SMILES string of the molecule is CN(C)c1cccc(C(=O)OCC(=O)Nc2ccccc2C(F)(F)F)c1. The van der Waals surface area contributed by atoms with E-state index in [1.165, 1.54) is 18.2 Å². The lowest BCUT2D eigenvalue weighted by Gasteiger charge is -2.14. The number of nitrogens with one attached hydrogen (secondary N) is 1. The Hall–Kier alpha value is -3.03. The Morgan fingerprint density at radius 3 is 2.42 bits per heavy atom. The van der Waals surface area contributed by atoms with Crippen molar-refractivity contribution in [2.75, 3.05) is 30.9 Å². The molecule has 2 aromatic rings. The summed E-state index contributed by atoms with van der Waals surface area (Å²) in [7, 11) is 3.60. The topological polar surface area (TPSA) is 58.6 Å². The van der Waals surface area contributed by atoms with Crippen LogP contribution in [0.1, 0.15) is 15.9 Å². The number of carbonyl (C=O) groups excluding carboxylic acids is 2. The van der Waals surface area contributed by atoms with Crippen LogP contribution in [-0.2, 0) is 15.7 Å². The first-order valence-electron chi connectivity index (χ1n) is 7.59. The molecule has 0 unspecified atom stereocenters. The highest BCUT2D eigenvalue weighted by Crippen LogP contribution is 2.34. The third-order valence-electron chi connectivity index (χ3n) is 3.44. The molecule has 0 saturated heterocycles. The fourth-order valence-corrected chi connectivity index (χ4v) is 2.15. The minimum absolute atomic E-state index is 0.236. The van der Waals surface area contributed by atoms with Crippen molar-refractivity contribution in [3.63, 3.8) is 0 Å². The highest BCUT2D eigenvalue weighted by molar-refractivity contribution is 5.96. The number of halogens is 3. The Balaban J connectivity index is 2.00. The van der Waals surface area contributed by atoms with Gasteiger partial charge in [0, 0.05) is 19.8 Å². The van der Waals surface area contributed by atoms with Crippen LogP contribution in [0.5, 0.6) is 0 Å². The number of carbonyl (C=O) groups is 2. The molecule has 0 bridgehead atoms. The maximum Gasteiger partial charge on any atom is 0.418 e. The van der Waals surface area contributed by atoms with E-state index in [0.717, 1.165) is 17.8 Å². The number of ether oxygens (including phenoxy) is 1. The van der Waals surface area contributed by atoms with Crippen LogP contribution < -0.4 is 10.2 Å². The number of rotatable bonds is 5. The second-order valence-corrected chi connectivity index (χ2v) is 5.61. The van der Waals surface area contributed by atoms with Crippen molar-refractivity contribution in [2.45, 2.75) is 6.18 Å². The first-order valence-corrected chi connectivity index (χ1v) is 7.59. The van der Waals surface area contributed by atoms with Crippen molar-refractivity contribution in [1.82, 2.24) is 0 Å². The molecule has 0 radical (unpaired) electrons. The zero-order valence-corrected chi connectivity index (χ0v) is 14.1. The largest absolute Gasteiger partial charge is 0.452 e. The van der Waals surface area contributed by atoms with E-state index in [4.69, 9.17) is 4.74 Å². The van der Waals surface area contributed by atoms with Crippen LogP contribution in [0.4, 0.5) is 24.5 Å². The number of hydrogen-bond donors (Lipinski definition) is 1. The lowest BCUT2D eigenvalue weighted by molar-refractivity contribution is -0.137. The number of amides is 1. The maximum atomic E-state index is 12.9. The van der Waals surface area contributed by atoms with Gasteiger partial charge >= 0.3 is 12.1 Å². The Kier molecular flexibility index (Phi) is 5.86. The van der Waals surface area contributed by atoms with Gasteiger partial charge in [0.05, 0.1) is 16.8 Å². The third-order valence-corrected chi connectivity index (χ3v) is 3.44. The van der Waals surface area contributed by atoms with Crippen molar-refractivity contribution < 1.29 is 27.5 Å². The number of nitrogens with zero attached hydrogens (tertiary/aromatic N) is 1. The number of benzene rings is 2. The first kappa shape index (κ1) is 19.3. The quantitative estimate of drug-likeness (QED) is 0.822. The molecule has 26 heavy (non-hydrogen) atoms. The summed E-state index contributed by atoms with van der Waals surface area (Å²) >= 11 is 0. The fraction of sp³-hybridized carbons (Fsp3) is 0.222. The van der Waals surface area contributed by atoms with E-state index in [9.17, 15) is 22.8 Å². The highest BCUT2D eigenvalue weighted by Gasteiger charge is 2.33.